The Kier molecular flexibility index (Phi) is 6.41. The van der Waals surface area contributed by atoms with Crippen molar-refractivity contribution in [2.75, 3.05) is 13.2 Å². The van der Waals surface area contributed by atoms with Crippen molar-refractivity contribution in [3.63, 3.8) is 0 Å². The molecule has 21 heavy (non-hydrogen) atoms. The topological polar surface area (TPSA) is 121 Å². The van der Waals surface area contributed by atoms with Crippen molar-refractivity contribution in [3.05, 3.63) is 23.7 Å². The molecular weight excluding hydrogens is 280 g/mol. The normalized spacial score (nSPS) is 10.3. The highest BCUT2D eigenvalue weighted by molar-refractivity contribution is 6.05. The van der Waals surface area contributed by atoms with E-state index in [-0.39, 0.29) is 25.3 Å². The molecule has 0 atom stereocenters. The van der Waals surface area contributed by atoms with Crippen LogP contribution in [0.25, 0.3) is 0 Å². The molecule has 116 valence electrons. The second kappa shape index (κ2) is 8.05. The Morgan fingerprint density at radius 2 is 1.81 bits per heavy atom. The Hall–Kier alpha value is -2.35. The number of hydrogen-bond acceptors (Lipinski definition) is 7. The summed E-state index contributed by atoms with van der Waals surface area (Å²) in [6, 6.07) is -0.100. The van der Waals surface area contributed by atoms with Crippen molar-refractivity contribution in [2.45, 2.75) is 26.4 Å². The zero-order chi connectivity index (χ0) is 15.8. The Balaban J connectivity index is 2.81. The third kappa shape index (κ3) is 4.60. The number of carbonyl (C=O) groups excluding carboxylic acids is 3. The SMILES string of the molecule is CCOC(=O)C(NC(=O)c1coc(CN)c1)C(=O)OCC. The summed E-state index contributed by atoms with van der Waals surface area (Å²) in [5.41, 5.74) is 5.51. The fourth-order valence-corrected chi connectivity index (χ4v) is 1.49. The number of ether oxygens (including phenoxy) is 2. The number of carbonyl (C=O) groups is 3. The van der Waals surface area contributed by atoms with Crippen molar-refractivity contribution in [2.24, 2.45) is 5.73 Å². The van der Waals surface area contributed by atoms with Gasteiger partial charge in [0.05, 0.1) is 25.3 Å². The summed E-state index contributed by atoms with van der Waals surface area (Å²) in [5.74, 6) is -2.02. The molecule has 8 nitrogen and oxygen atoms in total. The summed E-state index contributed by atoms with van der Waals surface area (Å²) < 4.78 is 14.5. The van der Waals surface area contributed by atoms with Crippen LogP contribution in [0.2, 0.25) is 0 Å². The third-order valence-corrected chi connectivity index (χ3v) is 2.44. The van der Waals surface area contributed by atoms with Gasteiger partial charge in [-0.05, 0) is 19.9 Å². The number of esters is 2. The number of furan rings is 1. The molecular formula is C13H18N2O6. The van der Waals surface area contributed by atoms with E-state index in [0.29, 0.717) is 5.76 Å². The van der Waals surface area contributed by atoms with E-state index in [0.717, 1.165) is 0 Å². The van der Waals surface area contributed by atoms with Crippen LogP contribution in [0, 0.1) is 0 Å². The molecule has 1 aromatic heterocycles. The molecule has 3 N–H and O–H groups in total. The molecule has 0 aliphatic rings. The van der Waals surface area contributed by atoms with Crippen LogP contribution in [0.3, 0.4) is 0 Å². The van der Waals surface area contributed by atoms with Crippen molar-refractivity contribution in [1.82, 2.24) is 5.32 Å². The quantitative estimate of drug-likeness (QED) is 0.535. The highest BCUT2D eigenvalue weighted by Crippen LogP contribution is 2.07. The largest absolute Gasteiger partial charge is 0.467 e. The van der Waals surface area contributed by atoms with Crippen LogP contribution in [0.1, 0.15) is 30.0 Å². The number of amides is 1. The zero-order valence-electron chi connectivity index (χ0n) is 11.9. The van der Waals surface area contributed by atoms with E-state index < -0.39 is 23.9 Å². The highest BCUT2D eigenvalue weighted by Gasteiger charge is 2.31. The lowest BCUT2D eigenvalue weighted by molar-refractivity contribution is -0.157. The van der Waals surface area contributed by atoms with E-state index in [9.17, 15) is 14.4 Å². The first-order chi connectivity index (χ1) is 10.0. The Bertz CT molecular complexity index is 493. The Morgan fingerprint density at radius 3 is 2.24 bits per heavy atom. The summed E-state index contributed by atoms with van der Waals surface area (Å²) in [7, 11) is 0. The fourth-order valence-electron chi connectivity index (χ4n) is 1.49. The average molecular weight is 298 g/mol. The molecule has 0 saturated heterocycles. The van der Waals surface area contributed by atoms with Crippen LogP contribution < -0.4 is 11.1 Å². The standard InChI is InChI=1S/C13H18N2O6/c1-3-19-12(17)10(13(18)20-4-2)15-11(16)8-5-9(6-14)21-7-8/h5,7,10H,3-4,6,14H2,1-2H3,(H,15,16). The predicted molar refractivity (Wildman–Crippen MR) is 71.1 cm³/mol. The predicted octanol–water partition coefficient (Wildman–Crippen LogP) is -0.0371. The second-order valence-electron chi connectivity index (χ2n) is 3.92. The summed E-state index contributed by atoms with van der Waals surface area (Å²) in [5, 5.41) is 2.25. The summed E-state index contributed by atoms with van der Waals surface area (Å²) in [6.07, 6.45) is 1.19. The van der Waals surface area contributed by atoms with Crippen LogP contribution in [0.15, 0.2) is 16.7 Å². The molecule has 0 radical (unpaired) electrons. The minimum atomic E-state index is -1.52. The number of nitrogens with one attached hydrogen (secondary N) is 1. The van der Waals surface area contributed by atoms with Gasteiger partial charge in [0.15, 0.2) is 0 Å². The molecule has 0 aliphatic carbocycles. The molecule has 1 heterocycles. The molecule has 0 saturated carbocycles. The van der Waals surface area contributed by atoms with Crippen LogP contribution in [0.4, 0.5) is 0 Å². The minimum absolute atomic E-state index is 0.0770. The van der Waals surface area contributed by atoms with Crippen molar-refractivity contribution in [3.8, 4) is 0 Å². The lowest BCUT2D eigenvalue weighted by atomic mass is 10.2. The fraction of sp³-hybridized carbons (Fsp3) is 0.462. The summed E-state index contributed by atoms with van der Waals surface area (Å²) in [4.78, 5) is 35.4. The van der Waals surface area contributed by atoms with Gasteiger partial charge in [0.25, 0.3) is 5.91 Å². The second-order valence-corrected chi connectivity index (χ2v) is 3.92. The molecule has 0 unspecified atom stereocenters. The molecule has 0 spiro atoms. The maximum absolute atomic E-state index is 12.0. The first-order valence-corrected chi connectivity index (χ1v) is 6.45. The average Bonchev–Trinajstić information content (AvgIpc) is 2.93. The maximum Gasteiger partial charge on any atom is 0.340 e. The molecule has 1 amide bonds. The van der Waals surface area contributed by atoms with E-state index in [2.05, 4.69) is 5.32 Å². The molecule has 1 rings (SSSR count). The van der Waals surface area contributed by atoms with Gasteiger partial charge in [0.1, 0.15) is 12.0 Å². The van der Waals surface area contributed by atoms with Gasteiger partial charge in [0.2, 0.25) is 6.04 Å². The van der Waals surface area contributed by atoms with Gasteiger partial charge >= 0.3 is 11.9 Å². The molecule has 1 aromatic rings. The van der Waals surface area contributed by atoms with E-state index in [1.807, 2.05) is 0 Å². The first-order valence-electron chi connectivity index (χ1n) is 6.45. The number of hydrogen-bond donors (Lipinski definition) is 2. The highest BCUT2D eigenvalue weighted by atomic mass is 16.6. The van der Waals surface area contributed by atoms with Crippen molar-refractivity contribution < 1.29 is 28.3 Å². The van der Waals surface area contributed by atoms with Crippen molar-refractivity contribution >= 4 is 17.8 Å². The van der Waals surface area contributed by atoms with Crippen molar-refractivity contribution in [1.29, 1.82) is 0 Å². The van der Waals surface area contributed by atoms with Gasteiger partial charge in [-0.25, -0.2) is 9.59 Å². The lowest BCUT2D eigenvalue weighted by Crippen LogP contribution is -2.48. The summed E-state index contributed by atoms with van der Waals surface area (Å²) in [6.45, 7) is 3.46. The van der Waals surface area contributed by atoms with E-state index >= 15 is 0 Å². The van der Waals surface area contributed by atoms with Crippen LogP contribution in [-0.2, 0) is 25.6 Å². The van der Waals surface area contributed by atoms with Gasteiger partial charge < -0.3 is 24.9 Å². The number of rotatable bonds is 7. The molecule has 0 aromatic carbocycles. The van der Waals surface area contributed by atoms with E-state index in [4.69, 9.17) is 19.6 Å². The van der Waals surface area contributed by atoms with E-state index in [1.165, 1.54) is 12.3 Å². The lowest BCUT2D eigenvalue weighted by Gasteiger charge is -2.15. The van der Waals surface area contributed by atoms with Gasteiger partial charge in [-0.3, -0.25) is 4.79 Å². The number of nitrogens with two attached hydrogens (primary N) is 1. The smallest absolute Gasteiger partial charge is 0.340 e. The van der Waals surface area contributed by atoms with Gasteiger partial charge in [-0.2, -0.15) is 0 Å². The maximum atomic E-state index is 12.0. The zero-order valence-corrected chi connectivity index (χ0v) is 11.9. The van der Waals surface area contributed by atoms with Crippen LogP contribution >= 0.6 is 0 Å². The van der Waals surface area contributed by atoms with Crippen LogP contribution in [0.5, 0.6) is 0 Å². The molecule has 0 bridgehead atoms. The van der Waals surface area contributed by atoms with E-state index in [1.54, 1.807) is 13.8 Å². The van der Waals surface area contributed by atoms with Gasteiger partial charge in [-0.1, -0.05) is 0 Å². The van der Waals surface area contributed by atoms with Gasteiger partial charge in [0, 0.05) is 0 Å². The molecule has 0 aliphatic heterocycles. The Labute approximate surface area is 121 Å². The Morgan fingerprint density at radius 1 is 1.24 bits per heavy atom. The molecule has 0 fully saturated rings. The van der Waals surface area contributed by atoms with Gasteiger partial charge in [-0.15, -0.1) is 0 Å². The minimum Gasteiger partial charge on any atom is -0.467 e. The summed E-state index contributed by atoms with van der Waals surface area (Å²) >= 11 is 0. The first kappa shape index (κ1) is 16.7. The molecule has 8 heteroatoms. The van der Waals surface area contributed by atoms with Crippen LogP contribution in [-0.4, -0.2) is 37.1 Å². The third-order valence-electron chi connectivity index (χ3n) is 2.44. The monoisotopic (exact) mass is 298 g/mol.